The van der Waals surface area contributed by atoms with E-state index >= 15 is 0 Å². The zero-order valence-electron chi connectivity index (χ0n) is 13.6. The van der Waals surface area contributed by atoms with E-state index < -0.39 is 10.0 Å². The number of nitrogens with zero attached hydrogens (tertiary/aromatic N) is 1. The van der Waals surface area contributed by atoms with Crippen molar-refractivity contribution in [2.24, 2.45) is 0 Å². The summed E-state index contributed by atoms with van der Waals surface area (Å²) in [4.78, 5) is 0.495. The quantitative estimate of drug-likeness (QED) is 0.853. The number of rotatable bonds is 3. The van der Waals surface area contributed by atoms with Gasteiger partial charge in [0.05, 0.1) is 4.90 Å². The van der Waals surface area contributed by atoms with Gasteiger partial charge in [-0.15, -0.1) is 0 Å². The predicted octanol–water partition coefficient (Wildman–Crippen LogP) is 3.72. The molecule has 1 aliphatic heterocycles. The third kappa shape index (κ3) is 3.49. The Labute approximate surface area is 129 Å². The Morgan fingerprint density at radius 1 is 1.10 bits per heavy atom. The first-order valence-corrected chi connectivity index (χ1v) is 9.34. The molecule has 0 aromatic heterocycles. The summed E-state index contributed by atoms with van der Waals surface area (Å²) in [6.45, 7) is 9.65. The molecule has 1 heterocycles. The van der Waals surface area contributed by atoms with Crippen molar-refractivity contribution in [1.82, 2.24) is 4.31 Å². The minimum Gasteiger partial charge on any atom is -0.207 e. The highest BCUT2D eigenvalue weighted by molar-refractivity contribution is 7.89. The third-order valence-electron chi connectivity index (χ3n) is 4.19. The monoisotopic (exact) mass is 309 g/mol. The van der Waals surface area contributed by atoms with Crippen LogP contribution in [0.15, 0.2) is 23.1 Å². The van der Waals surface area contributed by atoms with Crippen LogP contribution in [0.4, 0.5) is 0 Å². The van der Waals surface area contributed by atoms with Gasteiger partial charge in [0.15, 0.2) is 0 Å². The van der Waals surface area contributed by atoms with E-state index in [-0.39, 0.29) is 5.41 Å². The highest BCUT2D eigenvalue weighted by atomic mass is 32.2. The Kier molecular flexibility index (Phi) is 4.79. The van der Waals surface area contributed by atoms with Crippen molar-refractivity contribution < 1.29 is 8.42 Å². The summed E-state index contributed by atoms with van der Waals surface area (Å²) < 4.78 is 27.6. The van der Waals surface area contributed by atoms with Crippen molar-refractivity contribution in [3.63, 3.8) is 0 Å². The summed E-state index contributed by atoms with van der Waals surface area (Å²) in [5, 5.41) is 0. The molecule has 1 saturated heterocycles. The molecule has 0 aliphatic carbocycles. The molecule has 0 radical (unpaired) electrons. The minimum absolute atomic E-state index is 0.177. The highest BCUT2D eigenvalue weighted by Gasteiger charge is 2.31. The molecule has 0 unspecified atom stereocenters. The average molecular weight is 309 g/mol. The number of benzene rings is 1. The second-order valence-electron chi connectivity index (χ2n) is 6.90. The van der Waals surface area contributed by atoms with Crippen LogP contribution in [0.3, 0.4) is 0 Å². The van der Waals surface area contributed by atoms with Crippen LogP contribution < -0.4 is 0 Å². The van der Waals surface area contributed by atoms with E-state index in [4.69, 9.17) is 0 Å². The molecule has 0 atom stereocenters. The summed E-state index contributed by atoms with van der Waals surface area (Å²) in [6.07, 6.45) is 3.99. The lowest BCUT2D eigenvalue weighted by Crippen LogP contribution is -2.36. The number of aryl methyl sites for hydroxylation is 1. The molecule has 0 saturated carbocycles. The minimum atomic E-state index is -3.37. The zero-order valence-corrected chi connectivity index (χ0v) is 14.5. The molecular weight excluding hydrogens is 282 g/mol. The lowest BCUT2D eigenvalue weighted by atomic mass is 9.86. The van der Waals surface area contributed by atoms with Crippen LogP contribution in [0.2, 0.25) is 0 Å². The van der Waals surface area contributed by atoms with Crippen molar-refractivity contribution in [2.45, 2.75) is 63.7 Å². The van der Waals surface area contributed by atoms with Gasteiger partial charge >= 0.3 is 0 Å². The maximum atomic E-state index is 13.0. The lowest BCUT2D eigenvalue weighted by Gasteiger charge is -2.30. The molecule has 1 aliphatic rings. The molecule has 118 valence electrons. The number of sulfonamides is 1. The fourth-order valence-electron chi connectivity index (χ4n) is 2.85. The SMILES string of the molecule is CCc1ccc(S(=O)(=O)N2CCCCC2)c(C(C)(C)C)c1. The van der Waals surface area contributed by atoms with Crippen LogP contribution in [-0.2, 0) is 21.9 Å². The third-order valence-corrected chi connectivity index (χ3v) is 6.15. The second-order valence-corrected chi connectivity index (χ2v) is 8.81. The van der Waals surface area contributed by atoms with Crippen LogP contribution >= 0.6 is 0 Å². The number of hydrogen-bond donors (Lipinski definition) is 0. The summed E-state index contributed by atoms with van der Waals surface area (Å²) in [6, 6.07) is 5.83. The summed E-state index contributed by atoms with van der Waals surface area (Å²) in [7, 11) is -3.37. The Balaban J connectivity index is 2.51. The summed E-state index contributed by atoms with van der Waals surface area (Å²) in [5.41, 5.74) is 1.95. The first kappa shape index (κ1) is 16.5. The van der Waals surface area contributed by atoms with Crippen LogP contribution in [0.5, 0.6) is 0 Å². The van der Waals surface area contributed by atoms with Crippen LogP contribution in [0, 0.1) is 0 Å². The molecule has 2 rings (SSSR count). The van der Waals surface area contributed by atoms with Crippen molar-refractivity contribution in [2.75, 3.05) is 13.1 Å². The first-order valence-electron chi connectivity index (χ1n) is 7.90. The number of hydrogen-bond acceptors (Lipinski definition) is 2. The molecular formula is C17H27NO2S. The average Bonchev–Trinajstić information content (AvgIpc) is 2.46. The van der Waals surface area contributed by atoms with Crippen LogP contribution in [0.1, 0.15) is 58.1 Å². The largest absolute Gasteiger partial charge is 0.243 e. The van der Waals surface area contributed by atoms with E-state index in [1.165, 1.54) is 5.56 Å². The van der Waals surface area contributed by atoms with Gasteiger partial charge in [-0.2, -0.15) is 4.31 Å². The molecule has 0 amide bonds. The van der Waals surface area contributed by atoms with E-state index in [1.807, 2.05) is 12.1 Å². The molecule has 0 N–H and O–H groups in total. The van der Waals surface area contributed by atoms with E-state index in [9.17, 15) is 8.42 Å². The van der Waals surface area contributed by atoms with Crippen molar-refractivity contribution in [3.05, 3.63) is 29.3 Å². The standard InChI is InChI=1S/C17H27NO2S/c1-5-14-9-10-16(15(13-14)17(2,3)4)21(19,20)18-11-7-6-8-12-18/h9-10,13H,5-8,11-12H2,1-4H3. The van der Waals surface area contributed by atoms with E-state index in [1.54, 1.807) is 4.31 Å². The van der Waals surface area contributed by atoms with Gasteiger partial charge in [0.25, 0.3) is 0 Å². The maximum Gasteiger partial charge on any atom is 0.243 e. The van der Waals surface area contributed by atoms with E-state index in [0.717, 1.165) is 31.2 Å². The van der Waals surface area contributed by atoms with Crippen LogP contribution in [0.25, 0.3) is 0 Å². The van der Waals surface area contributed by atoms with Crippen molar-refractivity contribution in [1.29, 1.82) is 0 Å². The van der Waals surface area contributed by atoms with Gasteiger partial charge in [-0.3, -0.25) is 0 Å². The molecule has 1 fully saturated rings. The van der Waals surface area contributed by atoms with Gasteiger partial charge in [0, 0.05) is 13.1 Å². The van der Waals surface area contributed by atoms with E-state index in [2.05, 4.69) is 33.8 Å². The normalized spacial score (nSPS) is 17.9. The van der Waals surface area contributed by atoms with Gasteiger partial charge in [0.2, 0.25) is 10.0 Å². The molecule has 1 aromatic carbocycles. The number of piperidine rings is 1. The topological polar surface area (TPSA) is 37.4 Å². The molecule has 0 spiro atoms. The fourth-order valence-corrected chi connectivity index (χ4v) is 4.75. The van der Waals surface area contributed by atoms with Gasteiger partial charge < -0.3 is 0 Å². The highest BCUT2D eigenvalue weighted by Crippen LogP contribution is 2.32. The summed E-state index contributed by atoms with van der Waals surface area (Å²) in [5.74, 6) is 0. The summed E-state index contributed by atoms with van der Waals surface area (Å²) >= 11 is 0. The Hall–Kier alpha value is -0.870. The lowest BCUT2D eigenvalue weighted by molar-refractivity contribution is 0.345. The molecule has 1 aromatic rings. The smallest absolute Gasteiger partial charge is 0.207 e. The first-order chi connectivity index (χ1) is 9.76. The van der Waals surface area contributed by atoms with Crippen LogP contribution in [-0.4, -0.2) is 25.8 Å². The predicted molar refractivity (Wildman–Crippen MR) is 87.1 cm³/mol. The van der Waals surface area contributed by atoms with E-state index in [0.29, 0.717) is 18.0 Å². The Morgan fingerprint density at radius 3 is 2.24 bits per heavy atom. The molecule has 4 heteroatoms. The van der Waals surface area contributed by atoms with Gasteiger partial charge in [-0.1, -0.05) is 46.2 Å². The Bertz CT molecular complexity index is 594. The molecule has 3 nitrogen and oxygen atoms in total. The van der Waals surface area contributed by atoms with Gasteiger partial charge in [-0.25, -0.2) is 8.42 Å². The maximum absolute atomic E-state index is 13.0. The zero-order chi connectivity index (χ0) is 15.7. The van der Waals surface area contributed by atoms with Crippen molar-refractivity contribution in [3.8, 4) is 0 Å². The molecule has 21 heavy (non-hydrogen) atoms. The molecule has 0 bridgehead atoms. The second kappa shape index (κ2) is 6.09. The van der Waals surface area contributed by atoms with Crippen molar-refractivity contribution >= 4 is 10.0 Å². The Morgan fingerprint density at radius 2 is 1.71 bits per heavy atom. The van der Waals surface area contributed by atoms with Gasteiger partial charge in [-0.05, 0) is 41.9 Å². The van der Waals surface area contributed by atoms with Gasteiger partial charge in [0.1, 0.15) is 0 Å². The fraction of sp³-hybridized carbons (Fsp3) is 0.647.